The molecule has 0 radical (unpaired) electrons. The van der Waals surface area contributed by atoms with E-state index in [4.69, 9.17) is 0 Å². The van der Waals surface area contributed by atoms with Crippen LogP contribution in [0.5, 0.6) is 0 Å². The molecule has 1 aliphatic carbocycles. The van der Waals surface area contributed by atoms with Crippen LogP contribution in [0.1, 0.15) is 19.8 Å². The van der Waals surface area contributed by atoms with Gasteiger partial charge in [0, 0.05) is 25.7 Å². The third-order valence-corrected chi connectivity index (χ3v) is 3.30. The number of thioether (sulfide) groups is 1. The highest BCUT2D eigenvalue weighted by Gasteiger charge is 2.29. The van der Waals surface area contributed by atoms with Gasteiger partial charge in [-0.3, -0.25) is 0 Å². The molecule has 0 spiro atoms. The molecule has 4 nitrogen and oxygen atoms in total. The molecule has 1 heterocycles. The van der Waals surface area contributed by atoms with Crippen molar-refractivity contribution >= 4 is 23.4 Å². The predicted octanol–water partition coefficient (Wildman–Crippen LogP) is 2.23. The standard InChI is InChI=1S/C11H18N4S/c1-4-15(8-5-6-8)10-7-9(12-2)13-11(14-10)16-3/h7-8H,4-6H2,1-3H3,(H,12,13,14). The molecule has 1 saturated carbocycles. The predicted molar refractivity (Wildman–Crippen MR) is 69.4 cm³/mol. The van der Waals surface area contributed by atoms with Gasteiger partial charge in [0.1, 0.15) is 11.6 Å². The van der Waals surface area contributed by atoms with Crippen LogP contribution in [0, 0.1) is 0 Å². The molecule has 16 heavy (non-hydrogen) atoms. The Kier molecular flexibility index (Phi) is 3.53. The zero-order chi connectivity index (χ0) is 11.5. The van der Waals surface area contributed by atoms with E-state index in [-0.39, 0.29) is 0 Å². The number of nitrogens with one attached hydrogen (secondary N) is 1. The fourth-order valence-electron chi connectivity index (χ4n) is 1.77. The summed E-state index contributed by atoms with van der Waals surface area (Å²) in [5.74, 6) is 1.95. The summed E-state index contributed by atoms with van der Waals surface area (Å²) in [5, 5.41) is 3.92. The van der Waals surface area contributed by atoms with Crippen molar-refractivity contribution in [2.45, 2.75) is 31.0 Å². The second-order valence-electron chi connectivity index (χ2n) is 3.87. The summed E-state index contributed by atoms with van der Waals surface area (Å²) >= 11 is 1.58. The fraction of sp³-hybridized carbons (Fsp3) is 0.636. The molecule has 88 valence electrons. The molecule has 1 N–H and O–H groups in total. The van der Waals surface area contributed by atoms with Crippen molar-refractivity contribution in [2.75, 3.05) is 30.1 Å². The lowest BCUT2D eigenvalue weighted by atomic mass is 10.4. The number of hydrogen-bond donors (Lipinski definition) is 1. The zero-order valence-electron chi connectivity index (χ0n) is 10.0. The Morgan fingerprint density at radius 2 is 2.25 bits per heavy atom. The van der Waals surface area contributed by atoms with Crippen LogP contribution < -0.4 is 10.2 Å². The third-order valence-electron chi connectivity index (χ3n) is 2.75. The van der Waals surface area contributed by atoms with Gasteiger partial charge in [0.2, 0.25) is 0 Å². The first-order valence-corrected chi connectivity index (χ1v) is 6.88. The van der Waals surface area contributed by atoms with E-state index in [1.807, 2.05) is 19.4 Å². The lowest BCUT2D eigenvalue weighted by Gasteiger charge is -2.22. The van der Waals surface area contributed by atoms with Gasteiger partial charge in [0.25, 0.3) is 0 Å². The molecular formula is C11H18N4S. The van der Waals surface area contributed by atoms with Crippen LogP contribution in [0.15, 0.2) is 11.2 Å². The molecule has 2 rings (SSSR count). The van der Waals surface area contributed by atoms with Crippen LogP contribution in [0.3, 0.4) is 0 Å². The van der Waals surface area contributed by atoms with Gasteiger partial charge in [-0.2, -0.15) is 0 Å². The van der Waals surface area contributed by atoms with Crippen LogP contribution in [0.4, 0.5) is 11.6 Å². The smallest absolute Gasteiger partial charge is 0.191 e. The molecule has 1 fully saturated rings. The first-order chi connectivity index (χ1) is 7.78. The van der Waals surface area contributed by atoms with E-state index in [0.29, 0.717) is 6.04 Å². The molecule has 1 aliphatic rings. The van der Waals surface area contributed by atoms with Crippen molar-refractivity contribution in [3.8, 4) is 0 Å². The van der Waals surface area contributed by atoms with Gasteiger partial charge in [-0.05, 0) is 26.0 Å². The first-order valence-electron chi connectivity index (χ1n) is 5.66. The largest absolute Gasteiger partial charge is 0.373 e. The van der Waals surface area contributed by atoms with Crippen LogP contribution in [-0.2, 0) is 0 Å². The van der Waals surface area contributed by atoms with Crippen LogP contribution in [-0.4, -0.2) is 35.9 Å². The van der Waals surface area contributed by atoms with Gasteiger partial charge >= 0.3 is 0 Å². The number of hydrogen-bond acceptors (Lipinski definition) is 5. The van der Waals surface area contributed by atoms with Crippen LogP contribution >= 0.6 is 11.8 Å². The Hall–Kier alpha value is -0.970. The summed E-state index contributed by atoms with van der Waals surface area (Å²) in [5.41, 5.74) is 0. The summed E-state index contributed by atoms with van der Waals surface area (Å²) in [7, 11) is 1.89. The molecule has 0 bridgehead atoms. The monoisotopic (exact) mass is 238 g/mol. The number of anilines is 2. The zero-order valence-corrected chi connectivity index (χ0v) is 10.8. The average Bonchev–Trinajstić information content (AvgIpc) is 3.14. The van der Waals surface area contributed by atoms with E-state index in [0.717, 1.165) is 23.3 Å². The van der Waals surface area contributed by atoms with E-state index >= 15 is 0 Å². The molecule has 0 aromatic carbocycles. The quantitative estimate of drug-likeness (QED) is 0.629. The maximum absolute atomic E-state index is 4.57. The summed E-state index contributed by atoms with van der Waals surface area (Å²) in [6.07, 6.45) is 4.59. The minimum absolute atomic E-state index is 0.694. The Morgan fingerprint density at radius 1 is 1.50 bits per heavy atom. The molecule has 0 amide bonds. The lowest BCUT2D eigenvalue weighted by molar-refractivity contribution is 0.789. The molecule has 0 unspecified atom stereocenters. The van der Waals surface area contributed by atoms with E-state index in [9.17, 15) is 0 Å². The van der Waals surface area contributed by atoms with Gasteiger partial charge in [0.15, 0.2) is 5.16 Å². The van der Waals surface area contributed by atoms with Crippen molar-refractivity contribution in [3.05, 3.63) is 6.07 Å². The summed E-state index contributed by atoms with van der Waals surface area (Å²) in [4.78, 5) is 11.3. The van der Waals surface area contributed by atoms with Gasteiger partial charge < -0.3 is 10.2 Å². The number of aromatic nitrogens is 2. The van der Waals surface area contributed by atoms with Crippen molar-refractivity contribution < 1.29 is 0 Å². The second kappa shape index (κ2) is 4.91. The molecule has 0 aliphatic heterocycles. The van der Waals surface area contributed by atoms with Crippen molar-refractivity contribution in [1.82, 2.24) is 9.97 Å². The fourth-order valence-corrected chi connectivity index (χ4v) is 2.15. The summed E-state index contributed by atoms with van der Waals surface area (Å²) in [6, 6.07) is 2.72. The highest BCUT2D eigenvalue weighted by molar-refractivity contribution is 7.98. The summed E-state index contributed by atoms with van der Waals surface area (Å²) in [6.45, 7) is 3.19. The van der Waals surface area contributed by atoms with E-state index < -0.39 is 0 Å². The minimum atomic E-state index is 0.694. The van der Waals surface area contributed by atoms with Gasteiger partial charge in [-0.1, -0.05) is 11.8 Å². The topological polar surface area (TPSA) is 41.0 Å². The third kappa shape index (κ3) is 2.40. The second-order valence-corrected chi connectivity index (χ2v) is 4.64. The Morgan fingerprint density at radius 3 is 2.75 bits per heavy atom. The Bertz CT molecular complexity index is 343. The molecule has 1 aromatic rings. The SMILES string of the molecule is CCN(c1cc(NC)nc(SC)n1)C1CC1. The number of nitrogens with zero attached hydrogens (tertiary/aromatic N) is 3. The molecule has 5 heteroatoms. The molecule has 0 saturated heterocycles. The minimum Gasteiger partial charge on any atom is -0.373 e. The van der Waals surface area contributed by atoms with Crippen LogP contribution in [0.2, 0.25) is 0 Å². The summed E-state index contributed by atoms with van der Waals surface area (Å²) < 4.78 is 0. The van der Waals surface area contributed by atoms with Gasteiger partial charge in [-0.15, -0.1) is 0 Å². The van der Waals surface area contributed by atoms with E-state index in [1.165, 1.54) is 12.8 Å². The van der Waals surface area contributed by atoms with Crippen molar-refractivity contribution in [3.63, 3.8) is 0 Å². The Labute approximate surface area is 101 Å². The lowest BCUT2D eigenvalue weighted by Crippen LogP contribution is -2.26. The van der Waals surface area contributed by atoms with Crippen LogP contribution in [0.25, 0.3) is 0 Å². The van der Waals surface area contributed by atoms with E-state index in [2.05, 4.69) is 27.1 Å². The first kappa shape index (κ1) is 11.5. The van der Waals surface area contributed by atoms with Crippen molar-refractivity contribution in [1.29, 1.82) is 0 Å². The Balaban J connectivity index is 2.30. The normalized spacial score (nSPS) is 14.9. The highest BCUT2D eigenvalue weighted by Crippen LogP contribution is 2.31. The maximum Gasteiger partial charge on any atom is 0.191 e. The number of rotatable bonds is 5. The molecular weight excluding hydrogens is 220 g/mol. The van der Waals surface area contributed by atoms with Gasteiger partial charge in [-0.25, -0.2) is 9.97 Å². The average molecular weight is 238 g/mol. The van der Waals surface area contributed by atoms with Gasteiger partial charge in [0.05, 0.1) is 0 Å². The highest BCUT2D eigenvalue weighted by atomic mass is 32.2. The maximum atomic E-state index is 4.57. The van der Waals surface area contributed by atoms with Crippen molar-refractivity contribution in [2.24, 2.45) is 0 Å². The molecule has 1 aromatic heterocycles. The molecule has 0 atom stereocenters. The van der Waals surface area contributed by atoms with E-state index in [1.54, 1.807) is 11.8 Å².